The lowest BCUT2D eigenvalue weighted by Gasteiger charge is -2.31. The molecule has 0 aliphatic carbocycles. The number of hydrogen-bond donors (Lipinski definition) is 0. The van der Waals surface area contributed by atoms with E-state index < -0.39 is 9.84 Å². The summed E-state index contributed by atoms with van der Waals surface area (Å²) in [6.07, 6.45) is 5.27. The van der Waals surface area contributed by atoms with E-state index in [-0.39, 0.29) is 0 Å². The molecule has 1 aromatic carbocycles. The average Bonchev–Trinajstić information content (AvgIpc) is 2.52. The van der Waals surface area contributed by atoms with E-state index in [2.05, 4.69) is 23.8 Å². The smallest absolute Gasteiger partial charge is 0.175 e. The van der Waals surface area contributed by atoms with Crippen molar-refractivity contribution in [3.8, 4) is 0 Å². The number of hydrogen-bond acceptors (Lipinski definition) is 4. The summed E-state index contributed by atoms with van der Waals surface area (Å²) in [5, 5.41) is 0. The summed E-state index contributed by atoms with van der Waals surface area (Å²) in [6.45, 7) is 6.78. The Kier molecular flexibility index (Phi) is 6.01. The Hall–Kier alpha value is -0.910. The number of rotatable bonds is 6. The van der Waals surface area contributed by atoms with Gasteiger partial charge in [-0.25, -0.2) is 8.42 Å². The number of benzene rings is 1. The van der Waals surface area contributed by atoms with Crippen LogP contribution < -0.4 is 0 Å². The highest BCUT2D eigenvalue weighted by atomic mass is 32.2. The highest BCUT2D eigenvalue weighted by Crippen LogP contribution is 2.21. The summed E-state index contributed by atoms with van der Waals surface area (Å²) < 4.78 is 23.0. The van der Waals surface area contributed by atoms with Crippen LogP contribution in [0.2, 0.25) is 0 Å². The van der Waals surface area contributed by atoms with Crippen LogP contribution in [-0.2, 0) is 9.84 Å². The molecule has 22 heavy (non-hydrogen) atoms. The van der Waals surface area contributed by atoms with Crippen LogP contribution in [0, 0.1) is 0 Å². The molecule has 1 heterocycles. The van der Waals surface area contributed by atoms with Gasteiger partial charge in [-0.05, 0) is 57.6 Å². The Morgan fingerprint density at radius 2 is 1.73 bits per heavy atom. The van der Waals surface area contributed by atoms with Gasteiger partial charge in [0.1, 0.15) is 0 Å². The van der Waals surface area contributed by atoms with Gasteiger partial charge in [0.15, 0.2) is 9.84 Å². The molecule has 124 valence electrons. The number of likely N-dealkylation sites (N-methyl/N-ethyl adjacent to an activating group) is 1. The molecular weight excluding hydrogens is 296 g/mol. The van der Waals surface area contributed by atoms with Gasteiger partial charge in [-0.15, -0.1) is 0 Å². The number of likely N-dealkylation sites (tertiary alicyclic amines) is 1. The van der Waals surface area contributed by atoms with Gasteiger partial charge < -0.3 is 4.90 Å². The standard InChI is InChI=1S/C17H28N2O2S/c1-15(16-7-9-17(10-8-16)22(3,20)21)18(2)13-14-19-11-5-4-6-12-19/h7-10,15H,4-6,11-14H2,1-3H3/t15-/m0/s1. The Bertz CT molecular complexity index is 563. The van der Waals surface area contributed by atoms with E-state index in [1.807, 2.05) is 12.1 Å². The molecule has 1 aromatic rings. The van der Waals surface area contributed by atoms with Crippen molar-refractivity contribution in [3.05, 3.63) is 29.8 Å². The topological polar surface area (TPSA) is 40.6 Å². The number of piperidine rings is 1. The first-order chi connectivity index (χ1) is 10.4. The molecule has 1 saturated heterocycles. The molecule has 0 spiro atoms. The molecule has 0 saturated carbocycles. The largest absolute Gasteiger partial charge is 0.302 e. The molecule has 0 unspecified atom stereocenters. The maximum absolute atomic E-state index is 11.5. The molecule has 2 rings (SSSR count). The first-order valence-corrected chi connectivity index (χ1v) is 9.99. The fraction of sp³-hybridized carbons (Fsp3) is 0.647. The molecule has 0 amide bonds. The van der Waals surface area contributed by atoms with Crippen LogP contribution in [-0.4, -0.2) is 57.7 Å². The third-order valence-electron chi connectivity index (χ3n) is 4.67. The van der Waals surface area contributed by atoms with Crippen LogP contribution in [0.1, 0.15) is 37.8 Å². The van der Waals surface area contributed by atoms with Gasteiger partial charge in [0.25, 0.3) is 0 Å². The van der Waals surface area contributed by atoms with Gasteiger partial charge >= 0.3 is 0 Å². The van der Waals surface area contributed by atoms with Crippen LogP contribution >= 0.6 is 0 Å². The van der Waals surface area contributed by atoms with Gasteiger partial charge in [0.05, 0.1) is 4.90 Å². The molecule has 1 fully saturated rings. The minimum Gasteiger partial charge on any atom is -0.302 e. The van der Waals surface area contributed by atoms with Crippen LogP contribution in [0.25, 0.3) is 0 Å². The summed E-state index contributed by atoms with van der Waals surface area (Å²) in [4.78, 5) is 5.27. The zero-order valence-corrected chi connectivity index (χ0v) is 14.8. The highest BCUT2D eigenvalue weighted by molar-refractivity contribution is 7.90. The Morgan fingerprint density at radius 1 is 1.14 bits per heavy atom. The zero-order chi connectivity index (χ0) is 16.2. The van der Waals surface area contributed by atoms with Gasteiger partial charge in [0.2, 0.25) is 0 Å². The third-order valence-corrected chi connectivity index (χ3v) is 5.80. The molecular formula is C17H28N2O2S. The van der Waals surface area contributed by atoms with E-state index in [0.717, 1.165) is 18.7 Å². The lowest BCUT2D eigenvalue weighted by molar-refractivity contribution is 0.176. The first kappa shape index (κ1) is 17.4. The van der Waals surface area contributed by atoms with Crippen molar-refractivity contribution in [1.82, 2.24) is 9.80 Å². The second-order valence-corrected chi connectivity index (χ2v) is 8.42. The summed E-state index contributed by atoms with van der Waals surface area (Å²) >= 11 is 0. The van der Waals surface area contributed by atoms with Crippen molar-refractivity contribution >= 4 is 9.84 Å². The minimum atomic E-state index is -3.11. The number of nitrogens with zero attached hydrogens (tertiary/aromatic N) is 2. The second kappa shape index (κ2) is 7.57. The van der Waals surface area contributed by atoms with Crippen LogP contribution in [0.3, 0.4) is 0 Å². The van der Waals surface area contributed by atoms with Crippen molar-refractivity contribution in [2.24, 2.45) is 0 Å². The molecule has 5 heteroatoms. The molecule has 4 nitrogen and oxygen atoms in total. The third kappa shape index (κ3) is 4.80. The number of sulfone groups is 1. The normalized spacial score (nSPS) is 18.5. The van der Waals surface area contributed by atoms with Crippen LogP contribution in [0.4, 0.5) is 0 Å². The fourth-order valence-electron chi connectivity index (χ4n) is 2.92. The lowest BCUT2D eigenvalue weighted by atomic mass is 10.1. The summed E-state index contributed by atoms with van der Waals surface area (Å²) in [6, 6.07) is 7.56. The molecule has 0 bridgehead atoms. The van der Waals surface area contributed by atoms with Crippen molar-refractivity contribution in [3.63, 3.8) is 0 Å². The van der Waals surface area contributed by atoms with Crippen molar-refractivity contribution in [2.75, 3.05) is 39.5 Å². The van der Waals surface area contributed by atoms with Crippen molar-refractivity contribution in [1.29, 1.82) is 0 Å². The van der Waals surface area contributed by atoms with E-state index in [4.69, 9.17) is 0 Å². The molecule has 1 aliphatic heterocycles. The second-order valence-electron chi connectivity index (χ2n) is 6.40. The lowest BCUT2D eigenvalue weighted by Crippen LogP contribution is -2.37. The molecule has 1 aliphatic rings. The van der Waals surface area contributed by atoms with Crippen LogP contribution in [0.15, 0.2) is 29.2 Å². The van der Waals surface area contributed by atoms with Gasteiger partial charge in [-0.1, -0.05) is 18.6 Å². The van der Waals surface area contributed by atoms with E-state index in [9.17, 15) is 8.42 Å². The average molecular weight is 324 g/mol. The maximum atomic E-state index is 11.5. The highest BCUT2D eigenvalue weighted by Gasteiger charge is 2.15. The van der Waals surface area contributed by atoms with Crippen molar-refractivity contribution < 1.29 is 8.42 Å². The minimum absolute atomic E-state index is 0.290. The van der Waals surface area contributed by atoms with Crippen LogP contribution in [0.5, 0.6) is 0 Å². The van der Waals surface area contributed by atoms with E-state index >= 15 is 0 Å². The van der Waals surface area contributed by atoms with Crippen molar-refractivity contribution in [2.45, 2.75) is 37.1 Å². The Balaban J connectivity index is 1.90. The SMILES string of the molecule is C[C@@H](c1ccc(S(C)(=O)=O)cc1)N(C)CCN1CCCCC1. The quantitative estimate of drug-likeness (QED) is 0.806. The monoisotopic (exact) mass is 324 g/mol. The predicted octanol–water partition coefficient (Wildman–Crippen LogP) is 2.57. The van der Waals surface area contributed by atoms with E-state index in [1.54, 1.807) is 12.1 Å². The molecule has 0 radical (unpaired) electrons. The van der Waals surface area contributed by atoms with Gasteiger partial charge in [-0.2, -0.15) is 0 Å². The zero-order valence-electron chi connectivity index (χ0n) is 14.0. The first-order valence-electron chi connectivity index (χ1n) is 8.10. The van der Waals surface area contributed by atoms with E-state index in [1.165, 1.54) is 38.6 Å². The molecule has 0 aromatic heterocycles. The molecule has 0 N–H and O–H groups in total. The predicted molar refractivity (Wildman–Crippen MR) is 90.9 cm³/mol. The van der Waals surface area contributed by atoms with E-state index in [0.29, 0.717) is 10.9 Å². The van der Waals surface area contributed by atoms with Gasteiger partial charge in [-0.3, -0.25) is 4.90 Å². The summed E-state index contributed by atoms with van der Waals surface area (Å²) in [7, 11) is -0.973. The maximum Gasteiger partial charge on any atom is 0.175 e. The molecule has 1 atom stereocenters. The Morgan fingerprint density at radius 3 is 2.27 bits per heavy atom. The summed E-state index contributed by atoms with van der Waals surface area (Å²) in [5.41, 5.74) is 1.16. The summed E-state index contributed by atoms with van der Waals surface area (Å²) in [5.74, 6) is 0. The van der Waals surface area contributed by atoms with Gasteiger partial charge in [0, 0.05) is 25.4 Å². The Labute approximate surface area is 135 Å². The fourth-order valence-corrected chi connectivity index (χ4v) is 3.55.